The molecule has 8 heteroatoms. The predicted octanol–water partition coefficient (Wildman–Crippen LogP) is 0.604. The molecule has 118 valence electrons. The molecule has 0 saturated carbocycles. The molecular formula is C13H20N2O4S2. The van der Waals surface area contributed by atoms with E-state index in [2.05, 4.69) is 0 Å². The van der Waals surface area contributed by atoms with E-state index in [9.17, 15) is 8.42 Å². The first-order chi connectivity index (χ1) is 9.93. The Labute approximate surface area is 130 Å². The minimum atomic E-state index is -3.64. The summed E-state index contributed by atoms with van der Waals surface area (Å²) in [6.45, 7) is 1.11. The van der Waals surface area contributed by atoms with Crippen molar-refractivity contribution < 1.29 is 17.9 Å². The number of nitrogens with two attached hydrogens (primary N) is 1. The Bertz CT molecular complexity index is 567. The highest BCUT2D eigenvalue weighted by molar-refractivity contribution is 7.89. The number of thiocarbonyl (C=S) groups is 1. The summed E-state index contributed by atoms with van der Waals surface area (Å²) in [4.78, 5) is 0.312. The van der Waals surface area contributed by atoms with E-state index in [0.29, 0.717) is 18.8 Å². The maximum absolute atomic E-state index is 12.6. The molecule has 0 atom stereocenters. The molecule has 0 aliphatic carbocycles. The van der Waals surface area contributed by atoms with Crippen molar-refractivity contribution in [2.75, 3.05) is 40.5 Å². The van der Waals surface area contributed by atoms with Gasteiger partial charge in [0.25, 0.3) is 0 Å². The second kappa shape index (κ2) is 8.40. The van der Waals surface area contributed by atoms with Gasteiger partial charge in [0, 0.05) is 32.9 Å². The Balaban J connectivity index is 3.08. The number of benzene rings is 1. The van der Waals surface area contributed by atoms with Gasteiger partial charge in [-0.3, -0.25) is 0 Å². The van der Waals surface area contributed by atoms with Crippen LogP contribution in [0, 0.1) is 0 Å². The van der Waals surface area contributed by atoms with Crippen LogP contribution in [0.15, 0.2) is 29.2 Å². The van der Waals surface area contributed by atoms with Crippen LogP contribution in [0.25, 0.3) is 0 Å². The fourth-order valence-electron chi connectivity index (χ4n) is 1.70. The van der Waals surface area contributed by atoms with E-state index in [-0.39, 0.29) is 23.0 Å². The number of nitrogens with zero attached hydrogens (tertiary/aromatic N) is 1. The Hall–Kier alpha value is -1.06. The van der Waals surface area contributed by atoms with Crippen LogP contribution in [0.1, 0.15) is 5.56 Å². The second-order valence-electron chi connectivity index (χ2n) is 4.28. The third kappa shape index (κ3) is 5.01. The van der Waals surface area contributed by atoms with Crippen LogP contribution in [0.4, 0.5) is 0 Å². The quantitative estimate of drug-likeness (QED) is 0.667. The normalized spacial score (nSPS) is 11.8. The van der Waals surface area contributed by atoms with Gasteiger partial charge in [-0.2, -0.15) is 4.31 Å². The summed E-state index contributed by atoms with van der Waals surface area (Å²) in [5.41, 5.74) is 6.06. The van der Waals surface area contributed by atoms with Gasteiger partial charge < -0.3 is 15.2 Å². The van der Waals surface area contributed by atoms with Crippen LogP contribution < -0.4 is 5.73 Å². The zero-order valence-electron chi connectivity index (χ0n) is 12.1. The predicted molar refractivity (Wildman–Crippen MR) is 84.8 cm³/mol. The first-order valence-corrected chi connectivity index (χ1v) is 8.16. The molecule has 0 radical (unpaired) electrons. The van der Waals surface area contributed by atoms with E-state index in [1.807, 2.05) is 0 Å². The van der Waals surface area contributed by atoms with Gasteiger partial charge >= 0.3 is 0 Å². The molecule has 0 amide bonds. The minimum Gasteiger partial charge on any atom is -0.389 e. The molecule has 0 unspecified atom stereocenters. The molecule has 0 aliphatic rings. The molecular weight excluding hydrogens is 312 g/mol. The number of sulfonamides is 1. The molecule has 1 rings (SSSR count). The number of methoxy groups -OCH3 is 2. The van der Waals surface area contributed by atoms with Crippen molar-refractivity contribution in [2.45, 2.75) is 4.90 Å². The lowest BCUT2D eigenvalue weighted by Crippen LogP contribution is -2.36. The Morgan fingerprint density at radius 2 is 1.81 bits per heavy atom. The third-order valence-electron chi connectivity index (χ3n) is 2.85. The summed E-state index contributed by atoms with van der Waals surface area (Å²) in [5.74, 6) is 0. The average Bonchev–Trinajstić information content (AvgIpc) is 2.47. The van der Waals surface area contributed by atoms with Crippen molar-refractivity contribution in [3.63, 3.8) is 0 Å². The molecule has 0 fully saturated rings. The van der Waals surface area contributed by atoms with Crippen LogP contribution in [0.2, 0.25) is 0 Å². The number of ether oxygens (including phenoxy) is 2. The van der Waals surface area contributed by atoms with Gasteiger partial charge in [-0.15, -0.1) is 0 Å². The molecule has 0 saturated heterocycles. The zero-order chi connectivity index (χ0) is 15.9. The molecule has 2 N–H and O–H groups in total. The Morgan fingerprint density at radius 3 is 2.29 bits per heavy atom. The van der Waals surface area contributed by atoms with E-state index in [1.165, 1.54) is 30.7 Å². The van der Waals surface area contributed by atoms with E-state index < -0.39 is 10.0 Å². The van der Waals surface area contributed by atoms with Crippen molar-refractivity contribution in [2.24, 2.45) is 5.73 Å². The van der Waals surface area contributed by atoms with Crippen LogP contribution >= 0.6 is 12.2 Å². The summed E-state index contributed by atoms with van der Waals surface area (Å²) in [6, 6.07) is 6.29. The molecule has 0 aromatic heterocycles. The monoisotopic (exact) mass is 332 g/mol. The van der Waals surface area contributed by atoms with Crippen LogP contribution in [-0.2, 0) is 19.5 Å². The lowest BCUT2D eigenvalue weighted by atomic mass is 10.2. The summed E-state index contributed by atoms with van der Waals surface area (Å²) in [7, 11) is -0.599. The maximum Gasteiger partial charge on any atom is 0.243 e. The van der Waals surface area contributed by atoms with E-state index >= 15 is 0 Å². The minimum absolute atomic E-state index is 0.153. The topological polar surface area (TPSA) is 81.9 Å². The first kappa shape index (κ1) is 18.0. The fourth-order valence-corrected chi connectivity index (χ4v) is 3.28. The first-order valence-electron chi connectivity index (χ1n) is 6.31. The van der Waals surface area contributed by atoms with Gasteiger partial charge in [-0.05, 0) is 12.1 Å². The van der Waals surface area contributed by atoms with Crippen molar-refractivity contribution in [3.05, 3.63) is 29.8 Å². The number of hydrogen-bond donors (Lipinski definition) is 1. The highest BCUT2D eigenvalue weighted by Gasteiger charge is 2.24. The molecule has 1 aromatic rings. The van der Waals surface area contributed by atoms with Crippen molar-refractivity contribution in [1.82, 2.24) is 4.31 Å². The van der Waals surface area contributed by atoms with Gasteiger partial charge in [0.05, 0.1) is 18.1 Å². The Kier molecular flexibility index (Phi) is 7.20. The van der Waals surface area contributed by atoms with Crippen molar-refractivity contribution >= 4 is 27.2 Å². The third-order valence-corrected chi connectivity index (χ3v) is 4.98. The summed E-state index contributed by atoms with van der Waals surface area (Å²) in [6.07, 6.45) is 0. The fraction of sp³-hybridized carbons (Fsp3) is 0.462. The van der Waals surface area contributed by atoms with Crippen LogP contribution in [0.5, 0.6) is 0 Å². The Morgan fingerprint density at radius 1 is 1.24 bits per heavy atom. The SMILES string of the molecule is COCCN(CCOC)S(=O)(=O)c1cccc(C(N)=S)c1. The van der Waals surface area contributed by atoms with Crippen molar-refractivity contribution in [3.8, 4) is 0 Å². The van der Waals surface area contributed by atoms with Crippen molar-refractivity contribution in [1.29, 1.82) is 0 Å². The maximum atomic E-state index is 12.6. The van der Waals surface area contributed by atoms with Crippen LogP contribution in [0.3, 0.4) is 0 Å². The average molecular weight is 332 g/mol. The van der Waals surface area contributed by atoms with Gasteiger partial charge in [0.2, 0.25) is 10.0 Å². The summed E-state index contributed by atoms with van der Waals surface area (Å²) >= 11 is 4.88. The van der Waals surface area contributed by atoms with Gasteiger partial charge in [-0.25, -0.2) is 8.42 Å². The molecule has 0 spiro atoms. The van der Waals surface area contributed by atoms with Crippen LogP contribution in [-0.4, -0.2) is 58.2 Å². The molecule has 0 aliphatic heterocycles. The molecule has 0 heterocycles. The highest BCUT2D eigenvalue weighted by atomic mass is 32.2. The number of hydrogen-bond acceptors (Lipinski definition) is 5. The highest BCUT2D eigenvalue weighted by Crippen LogP contribution is 2.17. The molecule has 21 heavy (non-hydrogen) atoms. The standard InChI is InChI=1S/C13H20N2O4S2/c1-18-8-6-15(7-9-19-2)21(16,17)12-5-3-4-11(10-12)13(14)20/h3-5,10H,6-9H2,1-2H3,(H2,14,20). The van der Waals surface area contributed by atoms with E-state index in [4.69, 9.17) is 27.4 Å². The lowest BCUT2D eigenvalue weighted by Gasteiger charge is -2.21. The van der Waals surface area contributed by atoms with E-state index in [1.54, 1.807) is 12.1 Å². The smallest absolute Gasteiger partial charge is 0.243 e. The number of rotatable bonds is 9. The summed E-state index contributed by atoms with van der Waals surface area (Å²) < 4.78 is 36.5. The molecule has 1 aromatic carbocycles. The molecule has 0 bridgehead atoms. The zero-order valence-corrected chi connectivity index (χ0v) is 13.7. The lowest BCUT2D eigenvalue weighted by molar-refractivity contribution is 0.150. The van der Waals surface area contributed by atoms with E-state index in [0.717, 1.165) is 0 Å². The van der Waals surface area contributed by atoms with Gasteiger partial charge in [-0.1, -0.05) is 24.4 Å². The summed E-state index contributed by atoms with van der Waals surface area (Å²) in [5, 5.41) is 0. The van der Waals surface area contributed by atoms with Gasteiger partial charge in [0.15, 0.2) is 0 Å². The largest absolute Gasteiger partial charge is 0.389 e. The second-order valence-corrected chi connectivity index (χ2v) is 6.66. The van der Waals surface area contributed by atoms with Gasteiger partial charge in [0.1, 0.15) is 4.99 Å². The molecule has 6 nitrogen and oxygen atoms in total.